The molecule has 0 unspecified atom stereocenters. The highest BCUT2D eigenvalue weighted by atomic mass is 14.5. The minimum absolute atomic E-state index is 0.590. The summed E-state index contributed by atoms with van der Waals surface area (Å²) in [6.45, 7) is 6.68. The summed E-state index contributed by atoms with van der Waals surface area (Å²) < 4.78 is 0. The first-order valence-electron chi connectivity index (χ1n) is 4.61. The lowest BCUT2D eigenvalue weighted by Gasteiger charge is -2.02. The van der Waals surface area contributed by atoms with E-state index in [4.69, 9.17) is 5.26 Å². The molecule has 1 rings (SSSR count). The van der Waals surface area contributed by atoms with Crippen molar-refractivity contribution in [3.63, 3.8) is 0 Å². The molecule has 12 heavy (non-hydrogen) atoms. The summed E-state index contributed by atoms with van der Waals surface area (Å²) >= 11 is 0. The lowest BCUT2D eigenvalue weighted by atomic mass is 10.0. The molecule has 1 fully saturated rings. The van der Waals surface area contributed by atoms with Crippen molar-refractivity contribution < 1.29 is 0 Å². The second kappa shape index (κ2) is 3.31. The van der Waals surface area contributed by atoms with Crippen LogP contribution < -0.4 is 0 Å². The molecule has 0 bridgehead atoms. The molecule has 0 aromatic carbocycles. The molecule has 1 saturated carbocycles. The van der Waals surface area contributed by atoms with Crippen LogP contribution in [0.25, 0.3) is 0 Å². The number of hydrogen-bond donors (Lipinski definition) is 0. The number of nitriles is 1. The Morgan fingerprint density at radius 1 is 1.67 bits per heavy atom. The maximum atomic E-state index is 8.39. The Morgan fingerprint density at radius 3 is 2.67 bits per heavy atom. The van der Waals surface area contributed by atoms with Crippen molar-refractivity contribution in [2.75, 3.05) is 0 Å². The van der Waals surface area contributed by atoms with E-state index in [2.05, 4.69) is 19.9 Å². The Bertz CT molecular complexity index is 230. The average molecular weight is 163 g/mol. The second-order valence-electron chi connectivity index (χ2n) is 4.55. The van der Waals surface area contributed by atoms with E-state index >= 15 is 0 Å². The first kappa shape index (κ1) is 9.32. The van der Waals surface area contributed by atoms with E-state index in [0.29, 0.717) is 5.41 Å². The normalized spacial score (nSPS) is 26.5. The van der Waals surface area contributed by atoms with Crippen molar-refractivity contribution in [3.05, 3.63) is 11.6 Å². The lowest BCUT2D eigenvalue weighted by molar-refractivity contribution is 0.532. The third-order valence-electron chi connectivity index (χ3n) is 2.92. The van der Waals surface area contributed by atoms with Gasteiger partial charge in [0.1, 0.15) is 0 Å². The van der Waals surface area contributed by atoms with Crippen LogP contribution in [0, 0.1) is 22.7 Å². The zero-order valence-electron chi connectivity index (χ0n) is 8.22. The van der Waals surface area contributed by atoms with Gasteiger partial charge in [-0.05, 0) is 37.5 Å². The van der Waals surface area contributed by atoms with Crippen molar-refractivity contribution in [3.8, 4) is 6.07 Å². The molecular weight excluding hydrogens is 146 g/mol. The van der Waals surface area contributed by atoms with Gasteiger partial charge in [0.2, 0.25) is 0 Å². The Labute approximate surface area is 75.1 Å². The molecule has 0 saturated heterocycles. The fourth-order valence-electron chi connectivity index (χ4n) is 1.65. The van der Waals surface area contributed by atoms with Crippen molar-refractivity contribution in [2.45, 2.75) is 40.0 Å². The zero-order chi connectivity index (χ0) is 9.19. The maximum Gasteiger partial charge on any atom is 0.0911 e. The topological polar surface area (TPSA) is 23.8 Å². The summed E-state index contributed by atoms with van der Waals surface area (Å²) in [5.41, 5.74) is 1.81. The van der Waals surface area contributed by atoms with E-state index in [9.17, 15) is 0 Å². The van der Waals surface area contributed by atoms with Gasteiger partial charge in [-0.15, -0.1) is 0 Å². The van der Waals surface area contributed by atoms with Crippen molar-refractivity contribution in [1.29, 1.82) is 5.26 Å². The third kappa shape index (κ3) is 2.37. The van der Waals surface area contributed by atoms with Gasteiger partial charge in [-0.25, -0.2) is 0 Å². The number of rotatable bonds is 3. The Balaban J connectivity index is 2.21. The molecule has 0 aliphatic heterocycles. The van der Waals surface area contributed by atoms with Crippen LogP contribution in [0.5, 0.6) is 0 Å². The molecule has 0 spiro atoms. The van der Waals surface area contributed by atoms with Crippen LogP contribution in [-0.4, -0.2) is 0 Å². The average Bonchev–Trinajstić information content (AvgIpc) is 2.56. The molecule has 1 atom stereocenters. The molecular formula is C11H17N. The van der Waals surface area contributed by atoms with Crippen LogP contribution >= 0.6 is 0 Å². The van der Waals surface area contributed by atoms with Gasteiger partial charge in [-0.2, -0.15) is 5.26 Å². The van der Waals surface area contributed by atoms with Crippen molar-refractivity contribution in [2.24, 2.45) is 11.3 Å². The van der Waals surface area contributed by atoms with Crippen LogP contribution in [-0.2, 0) is 0 Å². The number of nitrogens with zero attached hydrogens (tertiary/aromatic N) is 1. The fourth-order valence-corrected chi connectivity index (χ4v) is 1.65. The summed E-state index contributed by atoms with van der Waals surface area (Å²) in [4.78, 5) is 0. The van der Waals surface area contributed by atoms with E-state index in [1.807, 2.05) is 6.92 Å². The molecule has 0 aromatic heterocycles. The summed E-state index contributed by atoms with van der Waals surface area (Å²) in [5, 5.41) is 8.39. The summed E-state index contributed by atoms with van der Waals surface area (Å²) in [7, 11) is 0. The predicted octanol–water partition coefficient (Wildman–Crippen LogP) is 3.28. The number of allylic oxidation sites excluding steroid dienone is 2. The summed E-state index contributed by atoms with van der Waals surface area (Å²) in [5.74, 6) is 0.902. The molecule has 0 aromatic rings. The fraction of sp³-hybridized carbons (Fsp3) is 0.727. The van der Waals surface area contributed by atoms with Gasteiger partial charge in [0, 0.05) is 6.08 Å². The largest absolute Gasteiger partial charge is 0.193 e. The zero-order valence-corrected chi connectivity index (χ0v) is 8.22. The first-order valence-corrected chi connectivity index (χ1v) is 4.61. The minimum atomic E-state index is 0.590. The van der Waals surface area contributed by atoms with Crippen LogP contribution in [0.1, 0.15) is 40.0 Å². The van der Waals surface area contributed by atoms with E-state index in [-0.39, 0.29) is 0 Å². The van der Waals surface area contributed by atoms with E-state index in [0.717, 1.165) is 12.3 Å². The molecule has 1 heteroatoms. The van der Waals surface area contributed by atoms with Crippen LogP contribution in [0.15, 0.2) is 11.6 Å². The van der Waals surface area contributed by atoms with Gasteiger partial charge in [0.15, 0.2) is 0 Å². The Hall–Kier alpha value is -0.770. The van der Waals surface area contributed by atoms with Gasteiger partial charge in [0.25, 0.3) is 0 Å². The summed E-state index contributed by atoms with van der Waals surface area (Å²) in [6.07, 6.45) is 5.39. The van der Waals surface area contributed by atoms with Gasteiger partial charge < -0.3 is 0 Å². The van der Waals surface area contributed by atoms with Crippen molar-refractivity contribution in [1.82, 2.24) is 0 Å². The Morgan fingerprint density at radius 2 is 2.25 bits per heavy atom. The van der Waals surface area contributed by atoms with Crippen LogP contribution in [0.2, 0.25) is 0 Å². The quantitative estimate of drug-likeness (QED) is 0.586. The maximum absolute atomic E-state index is 8.39. The summed E-state index contributed by atoms with van der Waals surface area (Å²) in [6, 6.07) is 2.07. The third-order valence-corrected chi connectivity index (χ3v) is 2.92. The minimum Gasteiger partial charge on any atom is -0.193 e. The monoisotopic (exact) mass is 163 g/mol. The predicted molar refractivity (Wildman–Crippen MR) is 50.5 cm³/mol. The molecule has 1 aliphatic carbocycles. The molecule has 0 N–H and O–H groups in total. The van der Waals surface area contributed by atoms with Gasteiger partial charge in [-0.3, -0.25) is 0 Å². The van der Waals surface area contributed by atoms with Gasteiger partial charge >= 0.3 is 0 Å². The highest BCUT2D eigenvalue weighted by Crippen LogP contribution is 2.54. The van der Waals surface area contributed by atoms with E-state index < -0.39 is 0 Å². The smallest absolute Gasteiger partial charge is 0.0911 e. The Kier molecular flexibility index (Phi) is 2.57. The molecule has 66 valence electrons. The van der Waals surface area contributed by atoms with Crippen LogP contribution in [0.4, 0.5) is 0 Å². The van der Waals surface area contributed by atoms with E-state index in [1.54, 1.807) is 6.08 Å². The highest BCUT2D eigenvalue weighted by Gasteiger charge is 2.44. The highest BCUT2D eigenvalue weighted by molar-refractivity contribution is 5.11. The van der Waals surface area contributed by atoms with Gasteiger partial charge in [-0.1, -0.05) is 19.4 Å². The molecule has 1 aliphatic rings. The SMILES string of the molecule is C/C(=C\C#N)CC[C@H]1CC1(C)C. The van der Waals surface area contributed by atoms with Gasteiger partial charge in [0.05, 0.1) is 6.07 Å². The van der Waals surface area contributed by atoms with E-state index in [1.165, 1.54) is 18.4 Å². The second-order valence-corrected chi connectivity index (χ2v) is 4.55. The lowest BCUT2D eigenvalue weighted by Crippen LogP contribution is -1.90. The molecule has 0 radical (unpaired) electrons. The number of hydrogen-bond acceptors (Lipinski definition) is 1. The first-order chi connectivity index (χ1) is 5.56. The standard InChI is InChI=1S/C11H17N/c1-9(6-7-12)4-5-10-8-11(10,2)3/h6,10H,4-5,8H2,1-3H3/b9-6+/t10-/m0/s1. The van der Waals surface area contributed by atoms with Crippen molar-refractivity contribution >= 4 is 0 Å². The molecule has 0 heterocycles. The van der Waals surface area contributed by atoms with Crippen LogP contribution in [0.3, 0.4) is 0 Å². The molecule has 1 nitrogen and oxygen atoms in total. The molecule has 0 amide bonds.